The maximum absolute atomic E-state index is 11.4. The third kappa shape index (κ3) is 3.05. The lowest BCUT2D eigenvalue weighted by Crippen LogP contribution is -2.29. The molecule has 0 spiro atoms. The third-order valence-corrected chi connectivity index (χ3v) is 1.72. The summed E-state index contributed by atoms with van der Waals surface area (Å²) < 4.78 is 5.14. The zero-order valence-corrected chi connectivity index (χ0v) is 8.22. The van der Waals surface area contributed by atoms with Crippen LogP contribution in [0.25, 0.3) is 0 Å². The summed E-state index contributed by atoms with van der Waals surface area (Å²) >= 11 is 0. The minimum atomic E-state index is -0.470. The second kappa shape index (κ2) is 3.36. The quantitative estimate of drug-likeness (QED) is 0.604. The highest BCUT2D eigenvalue weighted by molar-refractivity contribution is 5.86. The van der Waals surface area contributed by atoms with Crippen molar-refractivity contribution in [3.8, 4) is 0 Å². The topological polar surface area (TPSA) is 55.4 Å². The van der Waals surface area contributed by atoms with E-state index in [1.54, 1.807) is 0 Å². The molecule has 0 radical (unpaired) electrons. The fourth-order valence-corrected chi connectivity index (χ4v) is 1.16. The predicted octanol–water partition coefficient (Wildman–Crippen LogP) is 0.464. The number of hydrogen-bond acceptors (Lipinski definition) is 3. The van der Waals surface area contributed by atoms with Gasteiger partial charge in [-0.3, -0.25) is 9.59 Å². The van der Waals surface area contributed by atoms with Gasteiger partial charge in [0.25, 0.3) is 0 Å². The van der Waals surface area contributed by atoms with Gasteiger partial charge in [0.05, 0.1) is 5.92 Å². The average Bonchev–Trinajstić information content (AvgIpc) is 2.31. The van der Waals surface area contributed by atoms with Gasteiger partial charge >= 0.3 is 5.97 Å². The van der Waals surface area contributed by atoms with Gasteiger partial charge in [0.15, 0.2) is 0 Å². The molecule has 1 rings (SSSR count). The molecule has 1 N–H and O–H groups in total. The fourth-order valence-electron chi connectivity index (χ4n) is 1.16. The molecule has 0 bridgehead atoms. The van der Waals surface area contributed by atoms with E-state index >= 15 is 0 Å². The summed E-state index contributed by atoms with van der Waals surface area (Å²) in [6, 6.07) is 0. The number of amides is 1. The van der Waals surface area contributed by atoms with E-state index < -0.39 is 5.60 Å². The van der Waals surface area contributed by atoms with Crippen LogP contribution in [0.15, 0.2) is 0 Å². The Morgan fingerprint density at radius 1 is 1.54 bits per heavy atom. The van der Waals surface area contributed by atoms with Gasteiger partial charge < -0.3 is 10.1 Å². The molecule has 1 aliphatic heterocycles. The van der Waals surface area contributed by atoms with Crippen LogP contribution in [0, 0.1) is 5.92 Å². The van der Waals surface area contributed by atoms with Crippen molar-refractivity contribution in [2.45, 2.75) is 32.8 Å². The smallest absolute Gasteiger partial charge is 0.311 e. The van der Waals surface area contributed by atoms with E-state index in [4.69, 9.17) is 4.74 Å². The van der Waals surface area contributed by atoms with Crippen molar-refractivity contribution in [2.75, 3.05) is 6.54 Å². The molecule has 0 aromatic carbocycles. The highest BCUT2D eigenvalue weighted by Gasteiger charge is 2.31. The average molecular weight is 185 g/mol. The molecule has 1 heterocycles. The second-order valence-corrected chi connectivity index (χ2v) is 4.24. The highest BCUT2D eigenvalue weighted by Crippen LogP contribution is 2.16. The van der Waals surface area contributed by atoms with E-state index in [9.17, 15) is 9.59 Å². The first-order valence-electron chi connectivity index (χ1n) is 4.38. The molecule has 0 aliphatic carbocycles. The van der Waals surface area contributed by atoms with Gasteiger partial charge in [0, 0.05) is 13.0 Å². The minimum absolute atomic E-state index is 0.0733. The summed E-state index contributed by atoms with van der Waals surface area (Å²) in [5.74, 6) is -0.659. The Kier molecular flexibility index (Phi) is 2.59. The van der Waals surface area contributed by atoms with E-state index in [1.165, 1.54) is 0 Å². The Morgan fingerprint density at radius 3 is 2.54 bits per heavy atom. The molecule has 1 aliphatic rings. The Labute approximate surface area is 77.6 Å². The fraction of sp³-hybridized carbons (Fsp3) is 0.778. The standard InChI is InChI=1S/C9H15NO3/c1-9(2,3)13-8(12)6-4-7(11)10-5-6/h6H,4-5H2,1-3H3,(H,10,11). The summed E-state index contributed by atoms with van der Waals surface area (Å²) in [4.78, 5) is 22.2. The highest BCUT2D eigenvalue weighted by atomic mass is 16.6. The van der Waals surface area contributed by atoms with E-state index in [1.807, 2.05) is 20.8 Å². The maximum atomic E-state index is 11.4. The van der Waals surface area contributed by atoms with E-state index in [0.717, 1.165) is 0 Å². The van der Waals surface area contributed by atoms with Crippen molar-refractivity contribution in [3.05, 3.63) is 0 Å². The molecule has 13 heavy (non-hydrogen) atoms. The van der Waals surface area contributed by atoms with Crippen LogP contribution in [0.4, 0.5) is 0 Å². The van der Waals surface area contributed by atoms with Crippen LogP contribution >= 0.6 is 0 Å². The zero-order chi connectivity index (χ0) is 10.1. The summed E-state index contributed by atoms with van der Waals surface area (Å²) in [7, 11) is 0. The van der Waals surface area contributed by atoms with Crippen molar-refractivity contribution < 1.29 is 14.3 Å². The van der Waals surface area contributed by atoms with Crippen LogP contribution in [0.3, 0.4) is 0 Å². The molecule has 0 saturated carbocycles. The second-order valence-electron chi connectivity index (χ2n) is 4.24. The number of esters is 1. The molecule has 74 valence electrons. The molecular weight excluding hydrogens is 170 g/mol. The largest absolute Gasteiger partial charge is 0.460 e. The van der Waals surface area contributed by atoms with Crippen molar-refractivity contribution in [1.82, 2.24) is 5.32 Å². The summed E-state index contributed by atoms with van der Waals surface area (Å²) in [5, 5.41) is 2.60. The molecule has 0 aromatic rings. The number of carbonyl (C=O) groups is 2. The normalized spacial score (nSPS) is 22.7. The number of nitrogens with one attached hydrogen (secondary N) is 1. The van der Waals surface area contributed by atoms with Crippen molar-refractivity contribution in [3.63, 3.8) is 0 Å². The van der Waals surface area contributed by atoms with Gasteiger partial charge in [-0.05, 0) is 20.8 Å². The molecule has 4 nitrogen and oxygen atoms in total. The van der Waals surface area contributed by atoms with Gasteiger partial charge in [-0.25, -0.2) is 0 Å². The maximum Gasteiger partial charge on any atom is 0.311 e. The van der Waals surface area contributed by atoms with Gasteiger partial charge in [-0.15, -0.1) is 0 Å². The van der Waals surface area contributed by atoms with E-state index in [-0.39, 0.29) is 24.2 Å². The SMILES string of the molecule is CC(C)(C)OC(=O)C1CNC(=O)C1. The van der Waals surface area contributed by atoms with Gasteiger partial charge in [-0.1, -0.05) is 0 Å². The summed E-state index contributed by atoms with van der Waals surface area (Å²) in [6.45, 7) is 5.85. The number of rotatable bonds is 1. The van der Waals surface area contributed by atoms with E-state index in [0.29, 0.717) is 6.54 Å². The van der Waals surface area contributed by atoms with Gasteiger partial charge in [0.1, 0.15) is 5.60 Å². The van der Waals surface area contributed by atoms with Crippen LogP contribution in [0.1, 0.15) is 27.2 Å². The Bertz CT molecular complexity index is 230. The molecule has 1 amide bonds. The summed E-state index contributed by atoms with van der Waals surface area (Å²) in [6.07, 6.45) is 0.259. The minimum Gasteiger partial charge on any atom is -0.460 e. The van der Waals surface area contributed by atoms with Crippen LogP contribution in [0.2, 0.25) is 0 Å². The first-order chi connectivity index (χ1) is 5.88. The molecule has 1 saturated heterocycles. The van der Waals surface area contributed by atoms with Gasteiger partial charge in [-0.2, -0.15) is 0 Å². The van der Waals surface area contributed by atoms with Crippen molar-refractivity contribution in [2.24, 2.45) is 5.92 Å². The van der Waals surface area contributed by atoms with Crippen LogP contribution in [-0.4, -0.2) is 24.0 Å². The summed E-state index contributed by atoms with van der Waals surface area (Å²) in [5.41, 5.74) is -0.470. The third-order valence-electron chi connectivity index (χ3n) is 1.72. The monoisotopic (exact) mass is 185 g/mol. The van der Waals surface area contributed by atoms with Crippen LogP contribution in [-0.2, 0) is 14.3 Å². The van der Waals surface area contributed by atoms with Crippen molar-refractivity contribution in [1.29, 1.82) is 0 Å². The Hall–Kier alpha value is -1.06. The predicted molar refractivity (Wildman–Crippen MR) is 47.0 cm³/mol. The van der Waals surface area contributed by atoms with Gasteiger partial charge in [0.2, 0.25) is 5.91 Å². The molecule has 4 heteroatoms. The number of hydrogen-bond donors (Lipinski definition) is 1. The Balaban J connectivity index is 2.45. The van der Waals surface area contributed by atoms with E-state index in [2.05, 4.69) is 5.32 Å². The first-order valence-corrected chi connectivity index (χ1v) is 4.38. The molecule has 1 fully saturated rings. The first kappa shape index (κ1) is 10.0. The van der Waals surface area contributed by atoms with Crippen LogP contribution in [0.5, 0.6) is 0 Å². The lowest BCUT2D eigenvalue weighted by Gasteiger charge is -2.21. The molecular formula is C9H15NO3. The lowest BCUT2D eigenvalue weighted by atomic mass is 10.1. The number of carbonyl (C=O) groups excluding carboxylic acids is 2. The molecule has 0 aromatic heterocycles. The zero-order valence-electron chi connectivity index (χ0n) is 8.22. The van der Waals surface area contributed by atoms with Crippen LogP contribution < -0.4 is 5.32 Å². The lowest BCUT2D eigenvalue weighted by molar-refractivity contribution is -0.159. The molecule has 1 unspecified atom stereocenters. The Morgan fingerprint density at radius 2 is 2.15 bits per heavy atom. The van der Waals surface area contributed by atoms with Crippen molar-refractivity contribution >= 4 is 11.9 Å². The molecule has 1 atom stereocenters. The number of ether oxygens (including phenoxy) is 1.